The van der Waals surface area contributed by atoms with Crippen LogP contribution in [0.4, 0.5) is 0 Å². The van der Waals surface area contributed by atoms with E-state index in [2.05, 4.69) is 74.1 Å². The van der Waals surface area contributed by atoms with Crippen LogP contribution in [0.2, 0.25) is 0 Å². The molecule has 1 aromatic heterocycles. The number of amides is 13. The number of hydrogen-bond acceptors (Lipinski definition) is 20. The highest BCUT2D eigenvalue weighted by atomic mass is 16.4. The highest BCUT2D eigenvalue weighted by molar-refractivity contribution is 6.41. The molecular formula is C90H133N15O20. The first-order chi connectivity index (χ1) is 58.8. The van der Waals surface area contributed by atoms with Crippen LogP contribution in [0, 0.1) is 23.7 Å². The number of phenols is 1. The highest BCUT2D eigenvalue weighted by Gasteiger charge is 2.43. The van der Waals surface area contributed by atoms with Crippen molar-refractivity contribution in [1.82, 2.24) is 74.1 Å². The minimum absolute atomic E-state index is 0.0172. The first-order valence-electron chi connectivity index (χ1n) is 43.4. The minimum Gasteiger partial charge on any atom is -0.508 e. The Morgan fingerprint density at radius 1 is 0.536 bits per heavy atom. The zero-order chi connectivity index (χ0) is 93.2. The number of nitrogens with one attached hydrogen (secondary N) is 14. The number of ketones is 3. The number of carbonyl (C=O) groups is 17. The number of benzene rings is 3. The standard InChI is InChI=1S/C90H133N15O20/c1-50(2)43-62-35-39-72(109)68(47-63-49-93-66-32-26-25-31-65(63)66)99-83(120)70(46-61-33-36-64(108)37-34-61)100-82(119)67(38-40-73(110)111)102-88(125)90(14,105-85(122)71(45-60-29-23-22-24-30-60)101-86(123)74(58(11)106)103-84(121)69(44-51(3)4)98-59(12)107)42-28-21-19-17-15-16-18-20-27-41-89(13,104-81(62)118)87(124)97-57(10)80(117)96-56(9)79(116)95-55(8)78(115)94-54(7)76(113)75(112)53(6)92-48-52(5)77(91)114/h22-26,29-34,36-37,49-58,62,67-71,74,92-93,106,108H,15-21,27-28,35,38-48H2,1-14H3,(H2,91,114)(H,94,115)(H,95,116)(H,96,117)(H,97,124)(H,98,107)(H,99,120)(H,100,119)(H,101,123)(H,102,125)(H,103,121)(H,104,118)(H,105,122)(H,110,111)/t52-,53-,54-,55?,56-,57?,58+,62-,67-,68-,69-,70?,71-,74-,89-,90+/m0/s1. The second-order valence-electron chi connectivity index (χ2n) is 34.6. The van der Waals surface area contributed by atoms with Crippen LogP contribution in [0.1, 0.15) is 223 Å². The lowest BCUT2D eigenvalue weighted by atomic mass is 9.87. The number of aliphatic hydroxyl groups excluding tert-OH is 1. The Morgan fingerprint density at radius 2 is 1.08 bits per heavy atom. The third-order valence-electron chi connectivity index (χ3n) is 22.3. The van der Waals surface area contributed by atoms with Gasteiger partial charge in [-0.1, -0.05) is 153 Å². The Morgan fingerprint density at radius 3 is 1.65 bits per heavy atom. The summed E-state index contributed by atoms with van der Waals surface area (Å²) in [5.74, 6) is -16.4. The van der Waals surface area contributed by atoms with E-state index < -0.39 is 208 Å². The monoisotopic (exact) mass is 1740 g/mol. The number of aromatic nitrogens is 1. The molecule has 0 aliphatic carbocycles. The summed E-state index contributed by atoms with van der Waals surface area (Å²) in [6.07, 6.45) is 3.21. The number of carboxylic acid groups (broad SMARTS) is 1. The van der Waals surface area contributed by atoms with Crippen molar-refractivity contribution in [3.63, 3.8) is 0 Å². The van der Waals surface area contributed by atoms with Crippen LogP contribution in [0.3, 0.4) is 0 Å². The smallest absolute Gasteiger partial charge is 0.303 e. The van der Waals surface area contributed by atoms with Gasteiger partial charge in [0.05, 0.1) is 24.2 Å². The maximum absolute atomic E-state index is 15.4. The fourth-order valence-electron chi connectivity index (χ4n) is 14.6. The second-order valence-corrected chi connectivity index (χ2v) is 34.6. The Hall–Kier alpha value is -11.5. The number of carbonyl (C=O) groups excluding carboxylic acids is 16. The Labute approximate surface area is 731 Å². The Balaban J connectivity index is 1.51. The SMILES string of the molecule is CC(=O)N[C@@H](CC(C)C)C(=O)N[C@H](C(=O)N[C@@H](Cc1ccccc1)C(=O)N[C@]1(C)CCCCCCCCCCC[C@@](C)(C(=O)NC(C)C(=O)N[C@@H](C)C(=O)NC(C)C(=O)N[C@@H](C)C(=O)C(=O)[C@H](C)NC[C@H](C)C(N)=O)NC(=O)[C@H](CC(C)C)CCC(=O)[C@H](Cc2c[nH]c3ccccc23)NC(=O)C(Cc2ccc(O)cc2)NC(=O)[C@H](CCC(=O)O)NC1=O)[C@@H](C)O. The van der Waals surface area contributed by atoms with Crippen molar-refractivity contribution in [1.29, 1.82) is 0 Å². The van der Waals surface area contributed by atoms with Crippen molar-refractivity contribution < 1.29 is 96.8 Å². The number of Topliss-reactive ketones (excluding diaryl/α,β-unsaturated/α-hetero) is 3. The van der Waals surface area contributed by atoms with Crippen LogP contribution < -0.4 is 74.9 Å². The van der Waals surface area contributed by atoms with E-state index in [9.17, 15) is 68.1 Å². The maximum atomic E-state index is 15.4. The van der Waals surface area contributed by atoms with Crippen LogP contribution in [0.15, 0.2) is 85.1 Å². The van der Waals surface area contributed by atoms with Crippen molar-refractivity contribution in [3.05, 3.63) is 102 Å². The molecule has 2 heterocycles. The summed E-state index contributed by atoms with van der Waals surface area (Å²) in [5.41, 5.74) is 3.82. The lowest BCUT2D eigenvalue weighted by Gasteiger charge is -2.34. The second kappa shape index (κ2) is 50.5. The van der Waals surface area contributed by atoms with Crippen LogP contribution >= 0.6 is 0 Å². The number of fused-ring (bicyclic) bond motifs is 1. The van der Waals surface area contributed by atoms with E-state index in [0.29, 0.717) is 66.1 Å². The fraction of sp³-hybridized carbons (Fsp3) is 0.589. The molecule has 1 saturated heterocycles. The highest BCUT2D eigenvalue weighted by Crippen LogP contribution is 2.27. The van der Waals surface area contributed by atoms with Gasteiger partial charge in [0, 0.05) is 74.5 Å². The normalized spacial score (nSPS) is 21.3. The molecule has 35 heteroatoms. The van der Waals surface area contributed by atoms with E-state index in [4.69, 9.17) is 5.73 Å². The molecule has 0 saturated carbocycles. The van der Waals surface area contributed by atoms with Crippen molar-refractivity contribution in [2.24, 2.45) is 29.4 Å². The zero-order valence-corrected chi connectivity index (χ0v) is 74.5. The molecule has 4 aromatic rings. The molecule has 1 aliphatic heterocycles. The molecule has 19 N–H and O–H groups in total. The first kappa shape index (κ1) is 104. The fourth-order valence-corrected chi connectivity index (χ4v) is 14.6. The number of H-pyrrole nitrogens is 1. The molecule has 3 unspecified atom stereocenters. The van der Waals surface area contributed by atoms with Crippen LogP contribution in [0.5, 0.6) is 5.75 Å². The number of aromatic amines is 1. The summed E-state index contributed by atoms with van der Waals surface area (Å²) in [6.45, 7) is 21.0. The third-order valence-corrected chi connectivity index (χ3v) is 22.3. The van der Waals surface area contributed by atoms with E-state index >= 15 is 28.8 Å². The number of aliphatic hydroxyl groups is 1. The lowest BCUT2D eigenvalue weighted by molar-refractivity contribution is -0.140. The quantitative estimate of drug-likeness (QED) is 0.0290. The summed E-state index contributed by atoms with van der Waals surface area (Å²) < 4.78 is 0. The maximum Gasteiger partial charge on any atom is 0.303 e. The van der Waals surface area contributed by atoms with Gasteiger partial charge in [0.1, 0.15) is 65.2 Å². The minimum atomic E-state index is -1.98. The number of carboxylic acids is 1. The number of hydrogen-bond donors (Lipinski definition) is 18. The van der Waals surface area contributed by atoms with E-state index in [1.807, 2.05) is 39.8 Å². The van der Waals surface area contributed by atoms with Crippen LogP contribution in [-0.2, 0) is 101 Å². The lowest BCUT2D eigenvalue weighted by Crippen LogP contribution is -2.65. The summed E-state index contributed by atoms with van der Waals surface area (Å²) in [4.78, 5) is 241. The van der Waals surface area contributed by atoms with Crippen LogP contribution in [0.25, 0.3) is 10.9 Å². The molecule has 5 rings (SSSR count). The van der Waals surface area contributed by atoms with Crippen molar-refractivity contribution in [2.75, 3.05) is 6.54 Å². The van der Waals surface area contributed by atoms with Crippen LogP contribution in [-0.4, -0.2) is 211 Å². The molecule has 1 aliphatic rings. The molecule has 0 bridgehead atoms. The molecule has 0 radical (unpaired) electrons. The predicted octanol–water partition coefficient (Wildman–Crippen LogP) is 3.44. The molecular weight excluding hydrogens is 1610 g/mol. The van der Waals surface area contributed by atoms with Crippen molar-refractivity contribution in [2.45, 2.75) is 309 Å². The number of nitrogens with two attached hydrogens (primary N) is 1. The Bertz CT molecular complexity index is 4380. The van der Waals surface area contributed by atoms with Gasteiger partial charge in [-0.25, -0.2) is 0 Å². The van der Waals surface area contributed by atoms with Gasteiger partial charge in [0.2, 0.25) is 88.4 Å². The largest absolute Gasteiger partial charge is 0.508 e. The number of primary amides is 1. The number of aromatic hydroxyl groups is 1. The summed E-state index contributed by atoms with van der Waals surface area (Å²) in [5, 5.41) is 67.1. The van der Waals surface area contributed by atoms with Gasteiger partial charge in [-0.2, -0.15) is 0 Å². The summed E-state index contributed by atoms with van der Waals surface area (Å²) >= 11 is 0. The van der Waals surface area contributed by atoms with E-state index in [1.54, 1.807) is 48.7 Å². The number of para-hydroxylation sites is 1. The van der Waals surface area contributed by atoms with Crippen molar-refractivity contribution >= 4 is 111 Å². The van der Waals surface area contributed by atoms with Gasteiger partial charge in [0.25, 0.3) is 0 Å². The topological polar surface area (TPSA) is 549 Å². The van der Waals surface area contributed by atoms with Crippen molar-refractivity contribution in [3.8, 4) is 5.75 Å². The number of phenolic OH excluding ortho intramolecular Hbond substituents is 1. The zero-order valence-electron chi connectivity index (χ0n) is 74.5. The van der Waals surface area contributed by atoms with Gasteiger partial charge >= 0.3 is 5.97 Å². The molecule has 0 spiro atoms. The first-order valence-corrected chi connectivity index (χ1v) is 43.4. The van der Waals surface area contributed by atoms with Gasteiger partial charge in [-0.15, -0.1) is 0 Å². The average Bonchev–Trinajstić information content (AvgIpc) is 1.76. The predicted molar refractivity (Wildman–Crippen MR) is 467 cm³/mol. The van der Waals surface area contributed by atoms with E-state index in [0.717, 1.165) is 12.8 Å². The van der Waals surface area contributed by atoms with E-state index in [1.165, 1.54) is 93.5 Å². The van der Waals surface area contributed by atoms with Gasteiger partial charge < -0.3 is 95.2 Å². The number of rotatable bonds is 36. The van der Waals surface area contributed by atoms with Gasteiger partial charge in [-0.3, -0.25) is 81.5 Å². The third kappa shape index (κ3) is 34.5. The molecule has 35 nitrogen and oxygen atoms in total. The average molecular weight is 1750 g/mol. The molecule has 1 fully saturated rings. The molecule has 13 amide bonds. The Kier molecular flexibility index (Phi) is 42.0. The molecule has 3 aromatic carbocycles. The van der Waals surface area contributed by atoms with E-state index in [-0.39, 0.29) is 88.3 Å². The van der Waals surface area contributed by atoms with Gasteiger partial charge in [-0.05, 0) is 141 Å². The number of aliphatic carboxylic acids is 1. The molecule has 16 atom stereocenters. The summed E-state index contributed by atoms with van der Waals surface area (Å²) in [6, 6.07) is 6.01. The molecule has 688 valence electrons. The molecule has 125 heavy (non-hydrogen) atoms. The van der Waals surface area contributed by atoms with Gasteiger partial charge in [0.15, 0.2) is 5.78 Å². The summed E-state index contributed by atoms with van der Waals surface area (Å²) in [7, 11) is 0.